The zero-order valence-electron chi connectivity index (χ0n) is 4.42. The van der Waals surface area contributed by atoms with Crippen molar-refractivity contribution in [3.63, 3.8) is 0 Å². The van der Waals surface area contributed by atoms with E-state index < -0.39 is 0 Å². The van der Waals surface area contributed by atoms with Gasteiger partial charge in [0.1, 0.15) is 6.61 Å². The summed E-state index contributed by atoms with van der Waals surface area (Å²) in [5, 5.41) is 3.17. The summed E-state index contributed by atoms with van der Waals surface area (Å²) in [5.74, 6) is 0. The van der Waals surface area contributed by atoms with Crippen LogP contribution in [0.1, 0.15) is 6.92 Å². The third kappa shape index (κ3) is 5.21. The smallest absolute Gasteiger partial charge is 0.135 e. The third-order valence-electron chi connectivity index (χ3n) is 0.498. The van der Waals surface area contributed by atoms with Gasteiger partial charge < -0.3 is 4.84 Å². The molecule has 2 heteroatoms. The van der Waals surface area contributed by atoms with Gasteiger partial charge in [-0.3, -0.25) is 0 Å². The molecule has 0 aliphatic heterocycles. The van der Waals surface area contributed by atoms with E-state index in [9.17, 15) is 0 Å². The summed E-state index contributed by atoms with van der Waals surface area (Å²) in [6.45, 7) is 5.58. The number of rotatable bonds is 3. The zero-order chi connectivity index (χ0) is 5.54. The lowest BCUT2D eigenvalue weighted by molar-refractivity contribution is 0.177. The maximum Gasteiger partial charge on any atom is 0.135 e. The number of allylic oxidation sites excluding steroid dienone is 1. The molecular weight excluding hydrogens is 90.1 g/mol. The summed E-state index contributed by atoms with van der Waals surface area (Å²) in [6.07, 6.45) is 3.75. The van der Waals surface area contributed by atoms with Crippen LogP contribution in [-0.4, -0.2) is 13.3 Å². The second kappa shape index (κ2) is 5.21. The Morgan fingerprint density at radius 1 is 1.86 bits per heavy atom. The van der Waals surface area contributed by atoms with Gasteiger partial charge in [0.15, 0.2) is 0 Å². The number of oxime groups is 1. The van der Waals surface area contributed by atoms with Gasteiger partial charge in [-0.1, -0.05) is 6.08 Å². The Bertz CT molecular complexity index is 68.5. The highest BCUT2D eigenvalue weighted by atomic mass is 16.6. The molecule has 0 heterocycles. The van der Waals surface area contributed by atoms with Crippen molar-refractivity contribution in [2.45, 2.75) is 6.92 Å². The SMILES string of the molecule is C=NOC/C=C/C. The molecule has 0 aromatic rings. The second-order valence-electron chi connectivity index (χ2n) is 0.994. The molecule has 0 N–H and O–H groups in total. The highest BCUT2D eigenvalue weighted by Gasteiger charge is 1.66. The van der Waals surface area contributed by atoms with Crippen LogP contribution < -0.4 is 0 Å². The van der Waals surface area contributed by atoms with E-state index >= 15 is 0 Å². The van der Waals surface area contributed by atoms with Crippen LogP contribution in [0.5, 0.6) is 0 Å². The van der Waals surface area contributed by atoms with Crippen molar-refractivity contribution in [1.82, 2.24) is 0 Å². The van der Waals surface area contributed by atoms with Gasteiger partial charge in [-0.15, -0.1) is 5.16 Å². The number of nitrogens with zero attached hydrogens (tertiary/aromatic N) is 1. The van der Waals surface area contributed by atoms with Gasteiger partial charge in [0.05, 0.1) is 0 Å². The highest BCUT2D eigenvalue weighted by Crippen LogP contribution is 1.73. The predicted octanol–water partition coefficient (Wildman–Crippen LogP) is 1.19. The molecule has 0 unspecified atom stereocenters. The Balaban J connectivity index is 2.82. The van der Waals surface area contributed by atoms with E-state index in [1.165, 1.54) is 0 Å². The minimum Gasteiger partial charge on any atom is -0.392 e. The van der Waals surface area contributed by atoms with Crippen LogP contribution in [0.25, 0.3) is 0 Å². The van der Waals surface area contributed by atoms with Crippen LogP contribution in [0.3, 0.4) is 0 Å². The van der Waals surface area contributed by atoms with Crippen molar-refractivity contribution in [3.8, 4) is 0 Å². The molecule has 0 fully saturated rings. The van der Waals surface area contributed by atoms with Crippen LogP contribution in [0.4, 0.5) is 0 Å². The molecule has 0 aliphatic carbocycles. The van der Waals surface area contributed by atoms with E-state index in [0.717, 1.165) is 0 Å². The summed E-state index contributed by atoms with van der Waals surface area (Å²) in [7, 11) is 0. The van der Waals surface area contributed by atoms with Crippen molar-refractivity contribution in [2.75, 3.05) is 6.61 Å². The summed E-state index contributed by atoms with van der Waals surface area (Å²) in [5.41, 5.74) is 0. The van der Waals surface area contributed by atoms with Crippen molar-refractivity contribution < 1.29 is 4.84 Å². The predicted molar refractivity (Wildman–Crippen MR) is 30.3 cm³/mol. The number of hydrogen-bond donors (Lipinski definition) is 0. The quantitative estimate of drug-likeness (QED) is 0.225. The van der Waals surface area contributed by atoms with Crippen molar-refractivity contribution in [1.29, 1.82) is 0 Å². The Morgan fingerprint density at radius 2 is 2.57 bits per heavy atom. The second-order valence-corrected chi connectivity index (χ2v) is 0.994. The standard InChI is InChI=1S/C5H9NO/c1-3-4-5-7-6-2/h3-4H,2,5H2,1H3/b4-3+. The van der Waals surface area contributed by atoms with Gasteiger partial charge in [0.2, 0.25) is 0 Å². The summed E-state index contributed by atoms with van der Waals surface area (Å²) < 4.78 is 0. The maximum atomic E-state index is 4.50. The van der Waals surface area contributed by atoms with Gasteiger partial charge in [-0.05, 0) is 13.0 Å². The topological polar surface area (TPSA) is 21.6 Å². The van der Waals surface area contributed by atoms with Crippen LogP contribution in [-0.2, 0) is 4.84 Å². The van der Waals surface area contributed by atoms with E-state index in [2.05, 4.69) is 16.7 Å². The first kappa shape index (κ1) is 6.21. The first-order valence-electron chi connectivity index (χ1n) is 2.11. The maximum absolute atomic E-state index is 4.50. The van der Waals surface area contributed by atoms with Crippen molar-refractivity contribution in [2.24, 2.45) is 5.16 Å². The lowest BCUT2D eigenvalue weighted by Gasteiger charge is -1.85. The summed E-state index contributed by atoms with van der Waals surface area (Å²) >= 11 is 0. The normalized spacial score (nSPS) is 9.29. The van der Waals surface area contributed by atoms with Gasteiger partial charge in [0.25, 0.3) is 0 Å². The Hall–Kier alpha value is -0.790. The lowest BCUT2D eigenvalue weighted by Crippen LogP contribution is -1.77. The van der Waals surface area contributed by atoms with Crippen LogP contribution in [0.2, 0.25) is 0 Å². The molecule has 0 amide bonds. The molecule has 40 valence electrons. The minimum absolute atomic E-state index is 0.528. The molecule has 0 radical (unpaired) electrons. The molecule has 0 aromatic carbocycles. The fourth-order valence-electron chi connectivity index (χ4n) is 0.192. The Kier molecular flexibility index (Phi) is 4.62. The molecule has 0 aliphatic rings. The molecule has 2 nitrogen and oxygen atoms in total. The van der Waals surface area contributed by atoms with E-state index in [1.807, 2.05) is 19.1 Å². The molecule has 0 aromatic heterocycles. The van der Waals surface area contributed by atoms with Gasteiger partial charge in [0, 0.05) is 6.72 Å². The highest BCUT2D eigenvalue weighted by molar-refractivity contribution is 5.21. The average Bonchev–Trinajstić information content (AvgIpc) is 1.69. The third-order valence-corrected chi connectivity index (χ3v) is 0.498. The molecule has 7 heavy (non-hydrogen) atoms. The molecule has 0 bridgehead atoms. The Morgan fingerprint density at radius 3 is 3.00 bits per heavy atom. The Labute approximate surface area is 43.5 Å². The molecule has 0 atom stereocenters. The molecule has 0 rings (SSSR count). The average molecular weight is 99.1 g/mol. The van der Waals surface area contributed by atoms with E-state index in [1.54, 1.807) is 0 Å². The fraction of sp³-hybridized carbons (Fsp3) is 0.400. The van der Waals surface area contributed by atoms with Gasteiger partial charge in [-0.2, -0.15) is 0 Å². The fourth-order valence-corrected chi connectivity index (χ4v) is 0.192. The first-order chi connectivity index (χ1) is 3.41. The van der Waals surface area contributed by atoms with Gasteiger partial charge >= 0.3 is 0 Å². The van der Waals surface area contributed by atoms with Crippen molar-refractivity contribution >= 4 is 6.72 Å². The largest absolute Gasteiger partial charge is 0.392 e. The minimum atomic E-state index is 0.528. The van der Waals surface area contributed by atoms with E-state index in [-0.39, 0.29) is 0 Å². The first-order valence-corrected chi connectivity index (χ1v) is 2.11. The van der Waals surface area contributed by atoms with Crippen LogP contribution >= 0.6 is 0 Å². The van der Waals surface area contributed by atoms with E-state index in [4.69, 9.17) is 0 Å². The lowest BCUT2D eigenvalue weighted by atomic mass is 10.6. The van der Waals surface area contributed by atoms with Crippen molar-refractivity contribution in [3.05, 3.63) is 12.2 Å². The van der Waals surface area contributed by atoms with E-state index in [0.29, 0.717) is 6.61 Å². The number of hydrogen-bond acceptors (Lipinski definition) is 2. The molecule has 0 saturated heterocycles. The van der Waals surface area contributed by atoms with Crippen LogP contribution in [0.15, 0.2) is 17.3 Å². The summed E-state index contributed by atoms with van der Waals surface area (Å²) in [4.78, 5) is 4.50. The molecule has 0 spiro atoms. The monoisotopic (exact) mass is 99.1 g/mol. The molecular formula is C5H9NO. The zero-order valence-corrected chi connectivity index (χ0v) is 4.42. The van der Waals surface area contributed by atoms with Gasteiger partial charge in [-0.25, -0.2) is 0 Å². The van der Waals surface area contributed by atoms with Crippen LogP contribution in [0, 0.1) is 0 Å². The molecule has 0 saturated carbocycles. The summed E-state index contributed by atoms with van der Waals surface area (Å²) in [6, 6.07) is 0.